The summed E-state index contributed by atoms with van der Waals surface area (Å²) < 4.78 is 0. The Bertz CT molecular complexity index is 807. The maximum absolute atomic E-state index is 12.2. The molecule has 114 valence electrons. The van der Waals surface area contributed by atoms with E-state index in [1.165, 1.54) is 24.3 Å². The molecule has 0 aromatic heterocycles. The Morgan fingerprint density at radius 1 is 0.913 bits per heavy atom. The lowest BCUT2D eigenvalue weighted by atomic mass is 9.99. The molecule has 0 atom stereocenters. The van der Waals surface area contributed by atoms with E-state index in [9.17, 15) is 14.4 Å². The average Bonchev–Trinajstić information content (AvgIpc) is 2.56. The zero-order valence-corrected chi connectivity index (χ0v) is 12.7. The second-order valence-corrected chi connectivity index (χ2v) is 5.11. The molecule has 0 spiro atoms. The lowest BCUT2D eigenvalue weighted by molar-refractivity contribution is -0.116. The number of benzene rings is 2. The minimum atomic E-state index is -0.846. The topological polar surface area (TPSA) is 87.6 Å². The van der Waals surface area contributed by atoms with Crippen LogP contribution in [0.25, 0.3) is 5.53 Å². The van der Waals surface area contributed by atoms with Crippen molar-refractivity contribution in [3.05, 3.63) is 76.3 Å². The second-order valence-electron chi connectivity index (χ2n) is 4.67. The van der Waals surface area contributed by atoms with Crippen LogP contribution in [-0.2, 0) is 4.79 Å². The van der Waals surface area contributed by atoms with Gasteiger partial charge in [0, 0.05) is 16.1 Å². The summed E-state index contributed by atoms with van der Waals surface area (Å²) in [6.45, 7) is 0. The quantitative estimate of drug-likeness (QED) is 0.269. The van der Waals surface area contributed by atoms with Gasteiger partial charge in [-0.05, 0) is 24.3 Å². The average molecular weight is 327 g/mol. The van der Waals surface area contributed by atoms with Crippen molar-refractivity contribution < 1.29 is 19.2 Å². The zero-order valence-electron chi connectivity index (χ0n) is 11.9. The van der Waals surface area contributed by atoms with E-state index >= 15 is 0 Å². The molecule has 0 amide bonds. The lowest BCUT2D eigenvalue weighted by Crippen LogP contribution is -2.27. The van der Waals surface area contributed by atoms with E-state index in [1.807, 2.05) is 0 Å². The molecule has 2 aromatic carbocycles. The Morgan fingerprint density at radius 3 is 2.09 bits per heavy atom. The van der Waals surface area contributed by atoms with Crippen LogP contribution in [0.15, 0.2) is 54.6 Å². The number of halogens is 1. The normalized spacial score (nSPS) is 9.78. The molecule has 0 fully saturated rings. The van der Waals surface area contributed by atoms with E-state index in [1.54, 1.807) is 30.3 Å². The molecule has 0 heterocycles. The Hall–Kier alpha value is -2.88. The van der Waals surface area contributed by atoms with Crippen LogP contribution in [0.3, 0.4) is 0 Å². The molecule has 23 heavy (non-hydrogen) atoms. The van der Waals surface area contributed by atoms with Crippen LogP contribution in [0.5, 0.6) is 0 Å². The van der Waals surface area contributed by atoms with Crippen molar-refractivity contribution in [3.8, 4) is 0 Å². The third-order valence-corrected chi connectivity index (χ3v) is 3.35. The molecule has 2 rings (SSSR count). The van der Waals surface area contributed by atoms with Crippen LogP contribution in [0, 0.1) is 0 Å². The van der Waals surface area contributed by atoms with E-state index < -0.39 is 29.5 Å². The van der Waals surface area contributed by atoms with E-state index in [0.29, 0.717) is 10.6 Å². The standard InChI is InChI=1S/C17H11ClN2O3/c18-13-8-6-12(7-9-13)17(23)16(20-19)15(22)10-14(21)11-4-2-1-3-5-11/h1-9H,10H2. The largest absolute Gasteiger partial charge is 0.405 e. The van der Waals surface area contributed by atoms with Crippen LogP contribution in [-0.4, -0.2) is 27.9 Å². The number of carbonyl (C=O) groups excluding carboxylic acids is 3. The first-order valence-corrected chi connectivity index (χ1v) is 7.04. The third-order valence-electron chi connectivity index (χ3n) is 3.10. The molecule has 0 aliphatic heterocycles. The van der Waals surface area contributed by atoms with Gasteiger partial charge in [0.25, 0.3) is 11.6 Å². The molecule has 0 bridgehead atoms. The van der Waals surface area contributed by atoms with Gasteiger partial charge in [0.2, 0.25) is 0 Å². The summed E-state index contributed by atoms with van der Waals surface area (Å²) >= 11 is 5.73. The third kappa shape index (κ3) is 4.07. The Labute approximate surface area is 137 Å². The van der Waals surface area contributed by atoms with Gasteiger partial charge in [-0.15, -0.1) is 0 Å². The van der Waals surface area contributed by atoms with Gasteiger partial charge >= 0.3 is 5.71 Å². The molecule has 6 heteroatoms. The minimum absolute atomic E-state index is 0.141. The molecule has 0 N–H and O–H groups in total. The summed E-state index contributed by atoms with van der Waals surface area (Å²) in [5.41, 5.74) is 8.78. The fourth-order valence-electron chi connectivity index (χ4n) is 1.92. The van der Waals surface area contributed by atoms with Gasteiger partial charge in [-0.1, -0.05) is 41.9 Å². The predicted molar refractivity (Wildman–Crippen MR) is 84.8 cm³/mol. The number of nitrogens with zero attached hydrogens (tertiary/aromatic N) is 2. The SMILES string of the molecule is [N-]=[N+]=C(C(=O)CC(=O)c1ccccc1)C(=O)c1ccc(Cl)cc1. The molecular formula is C17H11ClN2O3. The van der Waals surface area contributed by atoms with Gasteiger partial charge in [-0.3, -0.25) is 14.4 Å². The summed E-state index contributed by atoms with van der Waals surface area (Å²) in [4.78, 5) is 39.0. The maximum Gasteiger partial charge on any atom is 0.405 e. The number of ketones is 3. The Balaban J connectivity index is 2.16. The van der Waals surface area contributed by atoms with E-state index in [0.717, 1.165) is 0 Å². The molecule has 2 aromatic rings. The number of hydrogen-bond donors (Lipinski definition) is 0. The monoisotopic (exact) mass is 326 g/mol. The van der Waals surface area contributed by atoms with Crippen molar-refractivity contribution >= 4 is 34.7 Å². The van der Waals surface area contributed by atoms with Crippen LogP contribution >= 0.6 is 11.6 Å². The van der Waals surface area contributed by atoms with Gasteiger partial charge in [0.1, 0.15) is 0 Å². The van der Waals surface area contributed by atoms with Gasteiger partial charge in [0.15, 0.2) is 5.78 Å². The van der Waals surface area contributed by atoms with Crippen LogP contribution < -0.4 is 0 Å². The van der Waals surface area contributed by atoms with E-state index in [-0.39, 0.29) is 5.56 Å². The summed E-state index contributed by atoms with van der Waals surface area (Å²) in [5, 5.41) is 0.426. The van der Waals surface area contributed by atoms with E-state index in [2.05, 4.69) is 4.79 Å². The first kappa shape index (κ1) is 16.5. The number of Topliss-reactive ketones (excluding diaryl/α,β-unsaturated/α-hetero) is 3. The van der Waals surface area contributed by atoms with Gasteiger partial charge < -0.3 is 5.53 Å². The minimum Gasteiger partial charge on any atom is -0.360 e. The smallest absolute Gasteiger partial charge is 0.360 e. The zero-order chi connectivity index (χ0) is 16.8. The van der Waals surface area contributed by atoms with Gasteiger partial charge in [-0.2, -0.15) is 4.79 Å². The molecular weight excluding hydrogens is 316 g/mol. The molecule has 0 saturated carbocycles. The summed E-state index contributed by atoms with van der Waals surface area (Å²) in [6.07, 6.45) is -0.553. The molecule has 0 aliphatic rings. The molecule has 5 nitrogen and oxygen atoms in total. The Morgan fingerprint density at radius 2 is 1.52 bits per heavy atom. The first-order chi connectivity index (χ1) is 11.0. The van der Waals surface area contributed by atoms with Crippen molar-refractivity contribution in [3.63, 3.8) is 0 Å². The highest BCUT2D eigenvalue weighted by Crippen LogP contribution is 2.11. The lowest BCUT2D eigenvalue weighted by Gasteiger charge is -1.99. The fourth-order valence-corrected chi connectivity index (χ4v) is 2.05. The highest BCUT2D eigenvalue weighted by molar-refractivity contribution is 6.68. The highest BCUT2D eigenvalue weighted by Gasteiger charge is 2.31. The van der Waals surface area contributed by atoms with Crippen LogP contribution in [0.2, 0.25) is 5.02 Å². The first-order valence-electron chi connectivity index (χ1n) is 6.66. The van der Waals surface area contributed by atoms with Crippen molar-refractivity contribution in [2.24, 2.45) is 0 Å². The fraction of sp³-hybridized carbons (Fsp3) is 0.0588. The van der Waals surface area contributed by atoms with E-state index in [4.69, 9.17) is 17.1 Å². The van der Waals surface area contributed by atoms with Gasteiger partial charge in [-0.25, -0.2) is 0 Å². The van der Waals surface area contributed by atoms with Crippen molar-refractivity contribution in [2.45, 2.75) is 6.42 Å². The highest BCUT2D eigenvalue weighted by atomic mass is 35.5. The van der Waals surface area contributed by atoms with Gasteiger partial charge in [0.05, 0.1) is 6.42 Å². The summed E-state index contributed by atoms with van der Waals surface area (Å²) in [7, 11) is 0. The van der Waals surface area contributed by atoms with Crippen molar-refractivity contribution in [1.29, 1.82) is 0 Å². The number of hydrogen-bond acceptors (Lipinski definition) is 3. The molecule has 0 radical (unpaired) electrons. The Kier molecular flexibility index (Phi) is 5.31. The maximum atomic E-state index is 12.2. The van der Waals surface area contributed by atoms with Crippen LogP contribution in [0.1, 0.15) is 27.1 Å². The molecule has 0 aliphatic carbocycles. The molecule has 0 saturated heterocycles. The second kappa shape index (κ2) is 7.40. The summed E-state index contributed by atoms with van der Waals surface area (Å²) in [6, 6.07) is 14.0. The van der Waals surface area contributed by atoms with Crippen molar-refractivity contribution in [1.82, 2.24) is 0 Å². The summed E-state index contributed by atoms with van der Waals surface area (Å²) in [5.74, 6) is -2.07. The number of carbonyl (C=O) groups is 3. The number of rotatable bonds is 6. The molecule has 0 unspecified atom stereocenters. The van der Waals surface area contributed by atoms with Crippen molar-refractivity contribution in [2.75, 3.05) is 0 Å². The predicted octanol–water partition coefficient (Wildman–Crippen LogP) is 3.04. The van der Waals surface area contributed by atoms with Crippen LogP contribution in [0.4, 0.5) is 0 Å².